The Hall–Kier alpha value is -0.480. The zero-order valence-corrected chi connectivity index (χ0v) is 9.56. The number of aromatic nitrogens is 1. The molecule has 0 saturated carbocycles. The Morgan fingerprint density at radius 1 is 1.23 bits per heavy atom. The van der Waals surface area contributed by atoms with Crippen molar-refractivity contribution in [1.29, 1.82) is 0 Å². The van der Waals surface area contributed by atoms with Crippen LogP contribution < -0.4 is 0 Å². The van der Waals surface area contributed by atoms with E-state index in [0.717, 1.165) is 14.3 Å². The van der Waals surface area contributed by atoms with E-state index in [9.17, 15) is 4.39 Å². The average molecular weight is 305 g/mol. The number of benzene rings is 1. The molecule has 4 heteroatoms. The van der Waals surface area contributed by atoms with Gasteiger partial charge >= 0.3 is 0 Å². The summed E-state index contributed by atoms with van der Waals surface area (Å²) in [5.41, 5.74) is 0.387. The second-order valence-electron chi connectivity index (χ2n) is 2.56. The molecule has 0 unspecified atom stereocenters. The van der Waals surface area contributed by atoms with Gasteiger partial charge in [-0.3, -0.25) is 4.98 Å². The molecule has 0 N–H and O–H groups in total. The van der Waals surface area contributed by atoms with Gasteiger partial charge in [-0.2, -0.15) is 0 Å². The number of hydrogen-bond donors (Lipinski definition) is 0. The van der Waals surface area contributed by atoms with E-state index in [0.29, 0.717) is 5.52 Å². The third-order valence-electron chi connectivity index (χ3n) is 1.74. The topological polar surface area (TPSA) is 12.9 Å². The van der Waals surface area contributed by atoms with Gasteiger partial charge in [-0.25, -0.2) is 4.39 Å². The maximum absolute atomic E-state index is 13.2. The number of halogens is 3. The SMILES string of the molecule is Fc1cccc2c(Br)c(Br)cnc12. The van der Waals surface area contributed by atoms with Gasteiger partial charge in [-0.15, -0.1) is 0 Å². The van der Waals surface area contributed by atoms with Crippen LogP contribution in [0.4, 0.5) is 4.39 Å². The summed E-state index contributed by atoms with van der Waals surface area (Å²) < 4.78 is 14.9. The summed E-state index contributed by atoms with van der Waals surface area (Å²) in [6, 6.07) is 4.88. The standard InChI is InChI=1S/C9H4Br2FN/c10-6-4-13-9-5(8(6)11)2-1-3-7(9)12/h1-4H. The van der Waals surface area contributed by atoms with Gasteiger partial charge in [0.25, 0.3) is 0 Å². The number of pyridine rings is 1. The van der Waals surface area contributed by atoms with E-state index in [2.05, 4.69) is 36.8 Å². The van der Waals surface area contributed by atoms with Crippen molar-refractivity contribution >= 4 is 42.8 Å². The van der Waals surface area contributed by atoms with Gasteiger partial charge in [-0.05, 0) is 37.9 Å². The molecule has 0 radical (unpaired) electrons. The molecule has 0 aliphatic rings. The van der Waals surface area contributed by atoms with Gasteiger partial charge in [0.2, 0.25) is 0 Å². The van der Waals surface area contributed by atoms with Crippen LogP contribution in [0.15, 0.2) is 33.3 Å². The summed E-state index contributed by atoms with van der Waals surface area (Å²) in [5.74, 6) is -0.300. The number of rotatable bonds is 0. The predicted molar refractivity (Wildman–Crippen MR) is 57.1 cm³/mol. The first-order valence-electron chi connectivity index (χ1n) is 3.58. The first kappa shape index (κ1) is 9.09. The van der Waals surface area contributed by atoms with Crippen LogP contribution in [0, 0.1) is 5.82 Å². The monoisotopic (exact) mass is 303 g/mol. The molecule has 1 aromatic heterocycles. The van der Waals surface area contributed by atoms with Crippen molar-refractivity contribution in [2.24, 2.45) is 0 Å². The summed E-state index contributed by atoms with van der Waals surface area (Å²) >= 11 is 6.67. The highest BCUT2D eigenvalue weighted by Crippen LogP contribution is 2.30. The highest BCUT2D eigenvalue weighted by Gasteiger charge is 2.06. The van der Waals surface area contributed by atoms with Crippen LogP contribution in [0.25, 0.3) is 10.9 Å². The molecule has 0 saturated heterocycles. The number of fused-ring (bicyclic) bond motifs is 1. The quantitative estimate of drug-likeness (QED) is 0.719. The van der Waals surface area contributed by atoms with Crippen LogP contribution in [-0.2, 0) is 0 Å². The third kappa shape index (κ3) is 1.48. The van der Waals surface area contributed by atoms with Gasteiger partial charge in [0.15, 0.2) is 0 Å². The fraction of sp³-hybridized carbons (Fsp3) is 0. The zero-order chi connectivity index (χ0) is 9.42. The Balaban J connectivity index is 2.94. The lowest BCUT2D eigenvalue weighted by Gasteiger charge is -2.02. The fourth-order valence-corrected chi connectivity index (χ4v) is 1.87. The van der Waals surface area contributed by atoms with Crippen molar-refractivity contribution in [3.8, 4) is 0 Å². The van der Waals surface area contributed by atoms with Crippen LogP contribution in [0.1, 0.15) is 0 Å². The first-order chi connectivity index (χ1) is 6.20. The van der Waals surface area contributed by atoms with Crippen LogP contribution in [0.2, 0.25) is 0 Å². The molecule has 0 spiro atoms. The molecule has 13 heavy (non-hydrogen) atoms. The Bertz CT molecular complexity index is 470. The smallest absolute Gasteiger partial charge is 0.149 e. The van der Waals surface area contributed by atoms with E-state index in [1.165, 1.54) is 6.07 Å². The van der Waals surface area contributed by atoms with Gasteiger partial charge in [0.05, 0.1) is 4.47 Å². The molecule has 0 bridgehead atoms. The van der Waals surface area contributed by atoms with Crippen molar-refractivity contribution in [2.45, 2.75) is 0 Å². The second-order valence-corrected chi connectivity index (χ2v) is 4.20. The predicted octanol–water partition coefficient (Wildman–Crippen LogP) is 3.90. The second kappa shape index (κ2) is 3.35. The highest BCUT2D eigenvalue weighted by molar-refractivity contribution is 9.13. The Morgan fingerprint density at radius 3 is 2.77 bits per heavy atom. The van der Waals surface area contributed by atoms with E-state index in [1.54, 1.807) is 12.3 Å². The van der Waals surface area contributed by atoms with Crippen LogP contribution in [-0.4, -0.2) is 4.98 Å². The lowest BCUT2D eigenvalue weighted by atomic mass is 10.2. The molecule has 1 heterocycles. The summed E-state index contributed by atoms with van der Waals surface area (Å²) in [5, 5.41) is 0.773. The molecule has 1 aromatic carbocycles. The molecule has 0 atom stereocenters. The van der Waals surface area contributed by atoms with Crippen molar-refractivity contribution in [3.05, 3.63) is 39.2 Å². The van der Waals surface area contributed by atoms with Gasteiger partial charge in [-0.1, -0.05) is 12.1 Å². The van der Waals surface area contributed by atoms with Gasteiger partial charge < -0.3 is 0 Å². The lowest BCUT2D eigenvalue weighted by molar-refractivity contribution is 0.636. The molecule has 0 amide bonds. The number of para-hydroxylation sites is 1. The summed E-state index contributed by atoms with van der Waals surface area (Å²) in [7, 11) is 0. The molecule has 0 aliphatic heterocycles. The van der Waals surface area contributed by atoms with E-state index in [-0.39, 0.29) is 5.82 Å². The lowest BCUT2D eigenvalue weighted by Crippen LogP contribution is -1.85. The zero-order valence-electron chi connectivity index (χ0n) is 6.39. The Morgan fingerprint density at radius 2 is 2.00 bits per heavy atom. The number of nitrogens with zero attached hydrogens (tertiary/aromatic N) is 1. The van der Waals surface area contributed by atoms with Gasteiger partial charge in [0.1, 0.15) is 11.3 Å². The number of hydrogen-bond acceptors (Lipinski definition) is 1. The molecule has 0 aliphatic carbocycles. The fourth-order valence-electron chi connectivity index (χ4n) is 1.13. The molecule has 0 fully saturated rings. The normalized spacial score (nSPS) is 10.7. The van der Waals surface area contributed by atoms with Crippen molar-refractivity contribution in [2.75, 3.05) is 0 Å². The van der Waals surface area contributed by atoms with E-state index in [1.807, 2.05) is 6.07 Å². The maximum Gasteiger partial charge on any atom is 0.149 e. The summed E-state index contributed by atoms with van der Waals surface area (Å²) in [6.07, 6.45) is 1.58. The Kier molecular flexibility index (Phi) is 2.34. The molecular formula is C9H4Br2FN. The van der Waals surface area contributed by atoms with E-state index >= 15 is 0 Å². The highest BCUT2D eigenvalue weighted by atomic mass is 79.9. The molecule has 2 aromatic rings. The molecule has 1 nitrogen and oxygen atoms in total. The first-order valence-corrected chi connectivity index (χ1v) is 5.17. The minimum absolute atomic E-state index is 0.300. The van der Waals surface area contributed by atoms with Crippen LogP contribution >= 0.6 is 31.9 Å². The van der Waals surface area contributed by atoms with Crippen molar-refractivity contribution in [3.63, 3.8) is 0 Å². The van der Waals surface area contributed by atoms with Crippen LogP contribution in [0.5, 0.6) is 0 Å². The van der Waals surface area contributed by atoms with Gasteiger partial charge in [0, 0.05) is 16.1 Å². The largest absolute Gasteiger partial charge is 0.252 e. The third-order valence-corrected chi connectivity index (χ3v) is 3.73. The minimum Gasteiger partial charge on any atom is -0.252 e. The molecular weight excluding hydrogens is 301 g/mol. The summed E-state index contributed by atoms with van der Waals surface area (Å²) in [4.78, 5) is 3.99. The maximum atomic E-state index is 13.2. The van der Waals surface area contributed by atoms with Crippen LogP contribution in [0.3, 0.4) is 0 Å². The molecule has 2 rings (SSSR count). The minimum atomic E-state index is -0.300. The average Bonchev–Trinajstić information content (AvgIpc) is 2.12. The van der Waals surface area contributed by atoms with E-state index < -0.39 is 0 Å². The molecule has 66 valence electrons. The van der Waals surface area contributed by atoms with Crippen molar-refractivity contribution in [1.82, 2.24) is 4.98 Å². The van der Waals surface area contributed by atoms with Crippen molar-refractivity contribution < 1.29 is 4.39 Å². The summed E-state index contributed by atoms with van der Waals surface area (Å²) in [6.45, 7) is 0. The Labute approximate surface area is 91.2 Å². The van der Waals surface area contributed by atoms with E-state index in [4.69, 9.17) is 0 Å².